The minimum absolute atomic E-state index is 0.293. The maximum absolute atomic E-state index is 11.9. The summed E-state index contributed by atoms with van der Waals surface area (Å²) in [7, 11) is -3.54. The molecule has 0 heterocycles. The lowest BCUT2D eigenvalue weighted by molar-refractivity contribution is 0.101. The molecule has 0 fully saturated rings. The van der Waals surface area contributed by atoms with Crippen LogP contribution in [0, 0.1) is 0 Å². The topological polar surface area (TPSA) is 51.2 Å². The second kappa shape index (κ2) is 4.91. The van der Waals surface area contributed by atoms with Gasteiger partial charge in [-0.05, 0) is 62.8 Å². The molecule has 3 nitrogen and oxygen atoms in total. The second-order valence-corrected chi connectivity index (χ2v) is 11.3. The molecule has 0 aliphatic carbocycles. The van der Waals surface area contributed by atoms with Crippen LogP contribution >= 0.6 is 50.1 Å². The summed E-state index contributed by atoms with van der Waals surface area (Å²) in [5, 5.41) is 0.490. The molecule has 0 amide bonds. The summed E-state index contributed by atoms with van der Waals surface area (Å²) in [5.41, 5.74) is 0.293. The van der Waals surface area contributed by atoms with E-state index in [2.05, 4.69) is 15.9 Å². The standard InChI is InChI=1S/C9H7BrClIO3S/c1-16(14,15)9(10,12)8(13)6-2-4-7(11)5-3-6/h2-5H,1H3/t9-/m1/s1. The average Bonchev–Trinajstić information content (AvgIpc) is 2.16. The molecule has 0 saturated carbocycles. The molecule has 0 bridgehead atoms. The molecule has 0 aliphatic rings. The van der Waals surface area contributed by atoms with E-state index in [1.165, 1.54) is 24.3 Å². The molecular formula is C9H7BrClIO3S. The van der Waals surface area contributed by atoms with Crippen molar-refractivity contribution in [2.75, 3.05) is 6.26 Å². The predicted octanol–water partition coefficient (Wildman–Crippen LogP) is 3.05. The van der Waals surface area contributed by atoms with Gasteiger partial charge in [-0.25, -0.2) is 8.42 Å². The van der Waals surface area contributed by atoms with Crippen LogP contribution in [0.2, 0.25) is 5.02 Å². The number of halogens is 3. The highest BCUT2D eigenvalue weighted by Crippen LogP contribution is 2.36. The van der Waals surface area contributed by atoms with Crippen LogP contribution in [-0.2, 0) is 9.84 Å². The highest BCUT2D eigenvalue weighted by atomic mass is 127. The van der Waals surface area contributed by atoms with Gasteiger partial charge in [-0.15, -0.1) is 0 Å². The van der Waals surface area contributed by atoms with Crippen LogP contribution in [0.15, 0.2) is 24.3 Å². The molecule has 0 unspecified atom stereocenters. The number of sulfone groups is 1. The highest BCUT2D eigenvalue weighted by molar-refractivity contribution is 14.1. The zero-order valence-corrected chi connectivity index (χ0v) is 13.4. The van der Waals surface area contributed by atoms with Crippen molar-refractivity contribution in [3.05, 3.63) is 34.9 Å². The van der Waals surface area contributed by atoms with Gasteiger partial charge in [-0.3, -0.25) is 4.79 Å². The zero-order valence-electron chi connectivity index (χ0n) is 8.08. The number of rotatable bonds is 3. The average molecular weight is 437 g/mol. The van der Waals surface area contributed by atoms with E-state index in [0.29, 0.717) is 10.6 Å². The molecule has 0 spiro atoms. The lowest BCUT2D eigenvalue weighted by atomic mass is 10.1. The van der Waals surface area contributed by atoms with Crippen molar-refractivity contribution < 1.29 is 13.2 Å². The highest BCUT2D eigenvalue weighted by Gasteiger charge is 2.43. The number of carbonyl (C=O) groups is 1. The van der Waals surface area contributed by atoms with Gasteiger partial charge < -0.3 is 0 Å². The minimum Gasteiger partial charge on any atom is -0.290 e. The Hall–Kier alpha value is 0.340. The first-order chi connectivity index (χ1) is 7.16. The van der Waals surface area contributed by atoms with Crippen molar-refractivity contribution in [3.63, 3.8) is 0 Å². The Morgan fingerprint density at radius 3 is 2.19 bits per heavy atom. The fourth-order valence-electron chi connectivity index (χ4n) is 0.938. The fourth-order valence-corrected chi connectivity index (χ4v) is 2.06. The quantitative estimate of drug-likeness (QED) is 0.415. The molecule has 7 heteroatoms. The van der Waals surface area contributed by atoms with Gasteiger partial charge in [0.15, 0.2) is 9.84 Å². The molecule has 0 aromatic heterocycles. The normalized spacial score (nSPS) is 15.5. The van der Waals surface area contributed by atoms with Gasteiger partial charge in [0.25, 0.3) is 0 Å². The summed E-state index contributed by atoms with van der Waals surface area (Å²) < 4.78 is 21.2. The van der Waals surface area contributed by atoms with Crippen LogP contribution in [0.3, 0.4) is 0 Å². The van der Waals surface area contributed by atoms with E-state index >= 15 is 0 Å². The molecular weight excluding hydrogens is 430 g/mol. The first kappa shape index (κ1) is 14.4. The third-order valence-electron chi connectivity index (χ3n) is 1.84. The Morgan fingerprint density at radius 1 is 1.38 bits per heavy atom. The molecule has 1 aromatic rings. The predicted molar refractivity (Wildman–Crippen MR) is 76.3 cm³/mol. The summed E-state index contributed by atoms with van der Waals surface area (Å²) in [4.78, 5) is 11.9. The van der Waals surface area contributed by atoms with E-state index < -0.39 is 17.3 Å². The van der Waals surface area contributed by atoms with Crippen LogP contribution in [0.25, 0.3) is 0 Å². The molecule has 1 aromatic carbocycles. The Bertz CT molecular complexity index is 510. The van der Waals surface area contributed by atoms with Crippen LogP contribution in [0.1, 0.15) is 10.4 Å². The van der Waals surface area contributed by atoms with Crippen LogP contribution in [0.4, 0.5) is 0 Å². The Balaban J connectivity index is 3.18. The van der Waals surface area contributed by atoms with Crippen molar-refractivity contribution in [2.45, 2.75) is 1.66 Å². The van der Waals surface area contributed by atoms with E-state index in [9.17, 15) is 13.2 Å². The summed E-state index contributed by atoms with van der Waals surface area (Å²) in [6.45, 7) is 0. The van der Waals surface area contributed by atoms with Gasteiger partial charge in [-0.2, -0.15) is 0 Å². The first-order valence-corrected chi connectivity index (χ1v) is 8.18. The van der Waals surface area contributed by atoms with Crippen molar-refractivity contribution >= 4 is 65.7 Å². The Kier molecular flexibility index (Phi) is 4.42. The van der Waals surface area contributed by atoms with Gasteiger partial charge in [0.1, 0.15) is 0 Å². The van der Waals surface area contributed by atoms with Gasteiger partial charge in [-0.1, -0.05) is 11.6 Å². The third kappa shape index (κ3) is 2.96. The maximum Gasteiger partial charge on any atom is 0.238 e. The molecule has 1 rings (SSSR count). The number of carbonyl (C=O) groups excluding carboxylic acids is 1. The monoisotopic (exact) mass is 436 g/mol. The van der Waals surface area contributed by atoms with E-state index in [-0.39, 0.29) is 0 Å². The van der Waals surface area contributed by atoms with Crippen LogP contribution < -0.4 is 0 Å². The zero-order chi connectivity index (χ0) is 12.6. The minimum atomic E-state index is -3.54. The maximum atomic E-state index is 11.9. The van der Waals surface area contributed by atoms with Crippen molar-refractivity contribution in [2.24, 2.45) is 0 Å². The van der Waals surface area contributed by atoms with E-state index in [1.54, 1.807) is 22.6 Å². The molecule has 16 heavy (non-hydrogen) atoms. The van der Waals surface area contributed by atoms with Gasteiger partial charge in [0.05, 0.1) is 0 Å². The molecule has 1 atom stereocenters. The number of hydrogen-bond donors (Lipinski definition) is 0. The number of hydrogen-bond acceptors (Lipinski definition) is 3. The first-order valence-electron chi connectivity index (χ1n) is 4.04. The number of benzene rings is 1. The smallest absolute Gasteiger partial charge is 0.238 e. The Labute approximate surface area is 121 Å². The van der Waals surface area contributed by atoms with E-state index in [4.69, 9.17) is 11.6 Å². The number of alkyl halides is 2. The summed E-state index contributed by atoms with van der Waals surface area (Å²) in [6.07, 6.45) is 1.00. The van der Waals surface area contributed by atoms with Crippen LogP contribution in [-0.4, -0.2) is 22.1 Å². The summed E-state index contributed by atoms with van der Waals surface area (Å²) >= 11 is 10.2. The molecule has 0 saturated heterocycles. The second-order valence-electron chi connectivity index (χ2n) is 3.12. The summed E-state index contributed by atoms with van der Waals surface area (Å²) in [5.74, 6) is -0.521. The number of Topliss-reactive ketones (excluding diaryl/α,β-unsaturated/α-hetero) is 1. The van der Waals surface area contributed by atoms with Gasteiger partial charge >= 0.3 is 0 Å². The summed E-state index contributed by atoms with van der Waals surface area (Å²) in [6, 6.07) is 6.06. The van der Waals surface area contributed by atoms with E-state index in [1.807, 2.05) is 0 Å². The molecule has 0 N–H and O–H groups in total. The number of ketones is 1. The van der Waals surface area contributed by atoms with Crippen molar-refractivity contribution in [1.29, 1.82) is 0 Å². The fraction of sp³-hybridized carbons (Fsp3) is 0.222. The largest absolute Gasteiger partial charge is 0.290 e. The lowest BCUT2D eigenvalue weighted by Gasteiger charge is -2.16. The van der Waals surface area contributed by atoms with Gasteiger partial charge in [0.2, 0.25) is 7.45 Å². The molecule has 88 valence electrons. The Morgan fingerprint density at radius 2 is 1.81 bits per heavy atom. The van der Waals surface area contributed by atoms with Crippen molar-refractivity contribution in [1.82, 2.24) is 0 Å². The van der Waals surface area contributed by atoms with Crippen LogP contribution in [0.5, 0.6) is 0 Å². The molecule has 0 aliphatic heterocycles. The van der Waals surface area contributed by atoms with Gasteiger partial charge in [0, 0.05) is 16.8 Å². The SMILES string of the molecule is CS(=O)(=O)[C@](Br)(I)C(=O)c1ccc(Cl)cc1. The molecule has 0 radical (unpaired) electrons. The lowest BCUT2D eigenvalue weighted by Crippen LogP contribution is -2.33. The van der Waals surface area contributed by atoms with E-state index in [0.717, 1.165) is 6.26 Å². The third-order valence-corrected chi connectivity index (χ3v) is 8.22. The van der Waals surface area contributed by atoms with Crippen molar-refractivity contribution in [3.8, 4) is 0 Å².